The third-order valence-electron chi connectivity index (χ3n) is 2.89. The fourth-order valence-electron chi connectivity index (χ4n) is 1.93. The van der Waals surface area contributed by atoms with E-state index in [-0.39, 0.29) is 0 Å². The number of aryl methyl sites for hydroxylation is 1. The van der Waals surface area contributed by atoms with Crippen LogP contribution in [0.5, 0.6) is 5.75 Å². The molecule has 0 bridgehead atoms. The number of nitrogens with zero attached hydrogens (tertiary/aromatic N) is 1. The zero-order valence-corrected chi connectivity index (χ0v) is 11.6. The van der Waals surface area contributed by atoms with E-state index in [1.807, 2.05) is 31.4 Å². The zero-order valence-electron chi connectivity index (χ0n) is 10.8. The topological polar surface area (TPSA) is 42.4 Å². The molecule has 3 nitrogen and oxygen atoms in total. The van der Waals surface area contributed by atoms with E-state index in [0.29, 0.717) is 12.4 Å². The summed E-state index contributed by atoms with van der Waals surface area (Å²) in [5.74, 6) is 0.685. The molecule has 4 heteroatoms. The van der Waals surface area contributed by atoms with E-state index >= 15 is 0 Å². The van der Waals surface area contributed by atoms with E-state index in [1.165, 1.54) is 0 Å². The van der Waals surface area contributed by atoms with Crippen molar-refractivity contribution >= 4 is 11.3 Å². The predicted octanol–water partition coefficient (Wildman–Crippen LogP) is 3.11. The van der Waals surface area contributed by atoms with Crippen molar-refractivity contribution in [1.82, 2.24) is 4.98 Å². The molecule has 2 heterocycles. The molecule has 0 aliphatic heterocycles. The van der Waals surface area contributed by atoms with E-state index in [2.05, 4.69) is 4.98 Å². The van der Waals surface area contributed by atoms with Crippen LogP contribution in [0, 0.1) is 6.92 Å². The number of hydrogen-bond donors (Lipinski definition) is 1. The number of rotatable bonds is 4. The average Bonchev–Trinajstić information content (AvgIpc) is 2.77. The van der Waals surface area contributed by atoms with E-state index in [4.69, 9.17) is 4.74 Å². The molecule has 0 amide bonds. The smallest absolute Gasteiger partial charge is 0.137 e. The average molecular weight is 263 g/mol. The van der Waals surface area contributed by atoms with Crippen LogP contribution in [0.15, 0.2) is 29.9 Å². The lowest BCUT2D eigenvalue weighted by Crippen LogP contribution is -2.22. The van der Waals surface area contributed by atoms with Gasteiger partial charge in [-0.3, -0.25) is 4.98 Å². The molecule has 18 heavy (non-hydrogen) atoms. The molecule has 0 aliphatic rings. The Morgan fingerprint density at radius 3 is 2.83 bits per heavy atom. The van der Waals surface area contributed by atoms with Gasteiger partial charge in [-0.25, -0.2) is 0 Å². The van der Waals surface area contributed by atoms with Gasteiger partial charge in [0.1, 0.15) is 11.4 Å². The lowest BCUT2D eigenvalue weighted by molar-refractivity contribution is 0.105. The summed E-state index contributed by atoms with van der Waals surface area (Å²) < 4.78 is 5.42. The molecule has 96 valence electrons. The second kappa shape index (κ2) is 5.08. The first-order valence-electron chi connectivity index (χ1n) is 5.91. The number of pyridine rings is 1. The highest BCUT2D eigenvalue weighted by atomic mass is 32.1. The summed E-state index contributed by atoms with van der Waals surface area (Å²) in [4.78, 5) is 5.07. The van der Waals surface area contributed by atoms with Crippen molar-refractivity contribution in [1.29, 1.82) is 0 Å². The Hall–Kier alpha value is -1.39. The van der Waals surface area contributed by atoms with Crippen molar-refractivity contribution in [2.24, 2.45) is 0 Å². The maximum atomic E-state index is 10.7. The minimum absolute atomic E-state index is 0.589. The molecule has 1 unspecified atom stereocenters. The van der Waals surface area contributed by atoms with Crippen molar-refractivity contribution in [2.45, 2.75) is 26.4 Å². The van der Waals surface area contributed by atoms with E-state index in [0.717, 1.165) is 16.0 Å². The number of hydrogen-bond acceptors (Lipinski definition) is 4. The second-order valence-electron chi connectivity index (χ2n) is 4.35. The molecule has 0 radical (unpaired) electrons. The molecule has 0 spiro atoms. The van der Waals surface area contributed by atoms with Crippen LogP contribution in [0.3, 0.4) is 0 Å². The van der Waals surface area contributed by atoms with Gasteiger partial charge in [0.2, 0.25) is 0 Å². The first-order valence-corrected chi connectivity index (χ1v) is 6.79. The van der Waals surface area contributed by atoms with Gasteiger partial charge in [-0.2, -0.15) is 0 Å². The summed E-state index contributed by atoms with van der Waals surface area (Å²) in [6.45, 7) is 6.30. The van der Waals surface area contributed by atoms with E-state index in [1.54, 1.807) is 30.7 Å². The highest BCUT2D eigenvalue weighted by Gasteiger charge is 2.29. The van der Waals surface area contributed by atoms with Gasteiger partial charge < -0.3 is 9.84 Å². The highest BCUT2D eigenvalue weighted by molar-refractivity contribution is 7.10. The Balaban J connectivity index is 2.41. The monoisotopic (exact) mass is 263 g/mol. The van der Waals surface area contributed by atoms with Crippen LogP contribution in [-0.4, -0.2) is 16.7 Å². The highest BCUT2D eigenvalue weighted by Crippen LogP contribution is 2.35. The molecule has 0 aromatic carbocycles. The normalized spacial score (nSPS) is 14.2. The van der Waals surface area contributed by atoms with Crippen molar-refractivity contribution < 1.29 is 9.84 Å². The fourth-order valence-corrected chi connectivity index (χ4v) is 2.94. The van der Waals surface area contributed by atoms with Crippen molar-refractivity contribution in [3.8, 4) is 5.75 Å². The Morgan fingerprint density at radius 1 is 1.44 bits per heavy atom. The second-order valence-corrected chi connectivity index (χ2v) is 5.26. The largest absolute Gasteiger partial charge is 0.492 e. The standard InChI is InChI=1S/C14H17NO2S/c1-4-17-12-7-11(8-15-9-12)14(3,16)13-10(2)5-6-18-13/h5-9,16H,4H2,1-3H3. The Kier molecular flexibility index (Phi) is 3.68. The van der Waals surface area contributed by atoms with Crippen LogP contribution in [-0.2, 0) is 5.60 Å². The van der Waals surface area contributed by atoms with Gasteiger partial charge in [-0.05, 0) is 43.8 Å². The van der Waals surface area contributed by atoms with Crippen LogP contribution >= 0.6 is 11.3 Å². The van der Waals surface area contributed by atoms with E-state index < -0.39 is 5.60 Å². The first kappa shape index (κ1) is 13.1. The molecule has 2 aromatic rings. The molecular weight excluding hydrogens is 246 g/mol. The minimum Gasteiger partial charge on any atom is -0.492 e. The molecule has 2 rings (SSSR count). The molecule has 0 aliphatic carbocycles. The maximum absolute atomic E-state index is 10.7. The molecule has 1 N–H and O–H groups in total. The molecule has 2 aromatic heterocycles. The molecule has 0 saturated heterocycles. The van der Waals surface area contributed by atoms with E-state index in [9.17, 15) is 5.11 Å². The number of aromatic nitrogens is 1. The van der Waals surface area contributed by atoms with Gasteiger partial charge in [0, 0.05) is 16.6 Å². The summed E-state index contributed by atoms with van der Waals surface area (Å²) in [6, 6.07) is 3.85. The fraction of sp³-hybridized carbons (Fsp3) is 0.357. The van der Waals surface area contributed by atoms with Crippen molar-refractivity contribution in [2.75, 3.05) is 6.61 Å². The summed E-state index contributed by atoms with van der Waals surface area (Å²) in [5.41, 5.74) is 0.809. The maximum Gasteiger partial charge on any atom is 0.137 e. The molecule has 0 saturated carbocycles. The summed E-state index contributed by atoms with van der Waals surface area (Å²) in [7, 11) is 0. The van der Waals surface area contributed by atoms with Crippen LogP contribution in [0.2, 0.25) is 0 Å². The quantitative estimate of drug-likeness (QED) is 0.921. The summed E-state index contributed by atoms with van der Waals surface area (Å²) >= 11 is 1.55. The van der Waals surface area contributed by atoms with Crippen LogP contribution in [0.1, 0.15) is 29.9 Å². The first-order chi connectivity index (χ1) is 8.55. The summed E-state index contributed by atoms with van der Waals surface area (Å²) in [5, 5.41) is 12.7. The molecule has 0 fully saturated rings. The third-order valence-corrected chi connectivity index (χ3v) is 4.12. The SMILES string of the molecule is CCOc1cncc(C(C)(O)c2sccc2C)c1. The van der Waals surface area contributed by atoms with Gasteiger partial charge >= 0.3 is 0 Å². The summed E-state index contributed by atoms with van der Waals surface area (Å²) in [6.07, 6.45) is 3.34. The Labute approximate surface area is 111 Å². The van der Waals surface area contributed by atoms with Crippen LogP contribution in [0.4, 0.5) is 0 Å². The Morgan fingerprint density at radius 2 is 2.22 bits per heavy atom. The lowest BCUT2D eigenvalue weighted by atomic mass is 9.94. The third kappa shape index (κ3) is 2.40. The molecule has 1 atom stereocenters. The molecular formula is C14H17NO2S. The number of aliphatic hydroxyl groups is 1. The zero-order chi connectivity index (χ0) is 13.2. The van der Waals surface area contributed by atoms with Crippen LogP contribution < -0.4 is 4.74 Å². The van der Waals surface area contributed by atoms with Crippen molar-refractivity contribution in [3.63, 3.8) is 0 Å². The van der Waals surface area contributed by atoms with Crippen molar-refractivity contribution in [3.05, 3.63) is 45.9 Å². The number of thiophene rings is 1. The van der Waals surface area contributed by atoms with Gasteiger partial charge in [-0.15, -0.1) is 11.3 Å². The van der Waals surface area contributed by atoms with Gasteiger partial charge in [-0.1, -0.05) is 0 Å². The lowest BCUT2D eigenvalue weighted by Gasteiger charge is -2.23. The van der Waals surface area contributed by atoms with Crippen LogP contribution in [0.25, 0.3) is 0 Å². The predicted molar refractivity (Wildman–Crippen MR) is 73.1 cm³/mol. The number of ether oxygens (including phenoxy) is 1. The Bertz CT molecular complexity index is 534. The minimum atomic E-state index is -1.03. The van der Waals surface area contributed by atoms with Gasteiger partial charge in [0.05, 0.1) is 12.8 Å². The van der Waals surface area contributed by atoms with Gasteiger partial charge in [0.15, 0.2) is 0 Å². The van der Waals surface area contributed by atoms with Gasteiger partial charge in [0.25, 0.3) is 0 Å².